The standard InChI is InChI=1S/C20H24F2N4O.HI/c1-23-20(25-14-16-12-17(21)6-7-18(16)22)24-13-15-4-2-3-5-19(15)26-8-10-27-11-9-26;/h2-7,12H,8-11,13-14H2,1H3,(H2,23,24,25);1H. The van der Waals surface area contributed by atoms with Crippen LogP contribution in [-0.2, 0) is 17.8 Å². The monoisotopic (exact) mass is 502 g/mol. The molecule has 5 nitrogen and oxygen atoms in total. The SMILES string of the molecule is CN=C(NCc1cc(F)ccc1F)NCc1ccccc1N1CCOCC1.I. The van der Waals surface area contributed by atoms with Gasteiger partial charge in [-0.1, -0.05) is 18.2 Å². The highest BCUT2D eigenvalue weighted by Gasteiger charge is 2.14. The molecule has 1 saturated heterocycles. The van der Waals surface area contributed by atoms with E-state index in [0.29, 0.717) is 12.5 Å². The van der Waals surface area contributed by atoms with Crippen molar-refractivity contribution in [1.29, 1.82) is 0 Å². The number of para-hydroxylation sites is 1. The Morgan fingerprint density at radius 3 is 2.43 bits per heavy atom. The van der Waals surface area contributed by atoms with E-state index in [0.717, 1.165) is 44.0 Å². The summed E-state index contributed by atoms with van der Waals surface area (Å²) in [6.07, 6.45) is 0. The van der Waals surface area contributed by atoms with Gasteiger partial charge in [-0.25, -0.2) is 8.78 Å². The Morgan fingerprint density at radius 2 is 1.71 bits per heavy atom. The third-order valence-electron chi connectivity index (χ3n) is 4.47. The molecule has 1 aliphatic heterocycles. The van der Waals surface area contributed by atoms with Gasteiger partial charge >= 0.3 is 0 Å². The van der Waals surface area contributed by atoms with Crippen LogP contribution >= 0.6 is 24.0 Å². The van der Waals surface area contributed by atoms with Crippen LogP contribution in [-0.4, -0.2) is 39.3 Å². The summed E-state index contributed by atoms with van der Waals surface area (Å²) in [4.78, 5) is 6.46. The summed E-state index contributed by atoms with van der Waals surface area (Å²) in [5.74, 6) is -0.386. The number of morpholine rings is 1. The van der Waals surface area contributed by atoms with Crippen LogP contribution in [0, 0.1) is 11.6 Å². The van der Waals surface area contributed by atoms with Crippen LogP contribution in [0.2, 0.25) is 0 Å². The number of halogens is 3. The molecule has 152 valence electrons. The second-order valence-corrected chi connectivity index (χ2v) is 6.24. The summed E-state index contributed by atoms with van der Waals surface area (Å²) in [6.45, 7) is 3.90. The van der Waals surface area contributed by atoms with E-state index in [1.165, 1.54) is 11.8 Å². The predicted octanol–water partition coefficient (Wildman–Crippen LogP) is 3.28. The summed E-state index contributed by atoms with van der Waals surface area (Å²) in [5.41, 5.74) is 2.56. The molecule has 2 N–H and O–H groups in total. The van der Waals surface area contributed by atoms with E-state index in [-0.39, 0.29) is 36.1 Å². The van der Waals surface area contributed by atoms with E-state index in [1.54, 1.807) is 7.05 Å². The van der Waals surface area contributed by atoms with Gasteiger partial charge in [-0.05, 0) is 29.8 Å². The quantitative estimate of drug-likeness (QED) is 0.375. The molecule has 0 aromatic heterocycles. The van der Waals surface area contributed by atoms with Gasteiger partial charge < -0.3 is 20.3 Å². The lowest BCUT2D eigenvalue weighted by molar-refractivity contribution is 0.122. The van der Waals surface area contributed by atoms with Crippen molar-refractivity contribution in [3.8, 4) is 0 Å². The van der Waals surface area contributed by atoms with Gasteiger partial charge in [-0.3, -0.25) is 4.99 Å². The normalized spacial score (nSPS) is 14.4. The van der Waals surface area contributed by atoms with Crippen LogP contribution in [0.15, 0.2) is 47.5 Å². The van der Waals surface area contributed by atoms with Gasteiger partial charge in [-0.15, -0.1) is 24.0 Å². The first-order valence-electron chi connectivity index (χ1n) is 8.96. The number of ether oxygens (including phenoxy) is 1. The Morgan fingerprint density at radius 1 is 1.04 bits per heavy atom. The molecule has 28 heavy (non-hydrogen) atoms. The highest BCUT2D eigenvalue weighted by molar-refractivity contribution is 14.0. The van der Waals surface area contributed by atoms with Crippen molar-refractivity contribution in [2.45, 2.75) is 13.1 Å². The molecule has 0 saturated carbocycles. The van der Waals surface area contributed by atoms with Crippen molar-refractivity contribution >= 4 is 35.6 Å². The van der Waals surface area contributed by atoms with Crippen LogP contribution in [0.25, 0.3) is 0 Å². The first-order chi connectivity index (χ1) is 13.2. The fourth-order valence-corrected chi connectivity index (χ4v) is 3.03. The fraction of sp³-hybridized carbons (Fsp3) is 0.350. The molecule has 0 aliphatic carbocycles. The van der Waals surface area contributed by atoms with Crippen molar-refractivity contribution in [2.75, 3.05) is 38.3 Å². The van der Waals surface area contributed by atoms with Crippen molar-refractivity contribution in [1.82, 2.24) is 10.6 Å². The lowest BCUT2D eigenvalue weighted by Crippen LogP contribution is -2.39. The van der Waals surface area contributed by atoms with Crippen LogP contribution in [0.4, 0.5) is 14.5 Å². The average Bonchev–Trinajstić information content (AvgIpc) is 2.71. The Labute approximate surface area is 181 Å². The summed E-state index contributed by atoms with van der Waals surface area (Å²) >= 11 is 0. The molecule has 3 rings (SSSR count). The summed E-state index contributed by atoms with van der Waals surface area (Å²) < 4.78 is 32.5. The predicted molar refractivity (Wildman–Crippen MR) is 118 cm³/mol. The Balaban J connectivity index is 0.00000280. The molecule has 1 heterocycles. The van der Waals surface area contributed by atoms with Gasteiger partial charge in [0.1, 0.15) is 11.6 Å². The van der Waals surface area contributed by atoms with E-state index < -0.39 is 11.6 Å². The second-order valence-electron chi connectivity index (χ2n) is 6.24. The molecule has 0 unspecified atom stereocenters. The van der Waals surface area contributed by atoms with E-state index in [4.69, 9.17) is 4.74 Å². The minimum absolute atomic E-state index is 0. The molecule has 2 aromatic rings. The first-order valence-corrected chi connectivity index (χ1v) is 8.96. The Bertz CT molecular complexity index is 798. The van der Waals surface area contributed by atoms with E-state index >= 15 is 0 Å². The number of benzene rings is 2. The van der Waals surface area contributed by atoms with Gasteiger partial charge in [-0.2, -0.15) is 0 Å². The number of anilines is 1. The smallest absolute Gasteiger partial charge is 0.191 e. The van der Waals surface area contributed by atoms with E-state index in [9.17, 15) is 8.78 Å². The zero-order valence-corrected chi connectivity index (χ0v) is 18.1. The third-order valence-corrected chi connectivity index (χ3v) is 4.47. The van der Waals surface area contributed by atoms with Crippen LogP contribution in [0.1, 0.15) is 11.1 Å². The van der Waals surface area contributed by atoms with Gasteiger partial charge in [0.2, 0.25) is 0 Å². The molecule has 0 spiro atoms. The van der Waals surface area contributed by atoms with Crippen molar-refractivity contribution < 1.29 is 13.5 Å². The maximum absolute atomic E-state index is 13.8. The van der Waals surface area contributed by atoms with Crippen LogP contribution < -0.4 is 15.5 Å². The zero-order valence-electron chi connectivity index (χ0n) is 15.8. The number of nitrogens with zero attached hydrogens (tertiary/aromatic N) is 2. The summed E-state index contributed by atoms with van der Waals surface area (Å²) in [7, 11) is 1.64. The van der Waals surface area contributed by atoms with Crippen LogP contribution in [0.3, 0.4) is 0 Å². The lowest BCUT2D eigenvalue weighted by Gasteiger charge is -2.30. The molecule has 8 heteroatoms. The van der Waals surface area contributed by atoms with Crippen molar-refractivity contribution in [3.63, 3.8) is 0 Å². The maximum Gasteiger partial charge on any atom is 0.191 e. The number of hydrogen-bond acceptors (Lipinski definition) is 3. The molecule has 0 atom stereocenters. The molecular formula is C20H25F2IN4O. The topological polar surface area (TPSA) is 48.9 Å². The molecule has 1 fully saturated rings. The van der Waals surface area contributed by atoms with Gasteiger partial charge in [0.25, 0.3) is 0 Å². The number of nitrogens with one attached hydrogen (secondary N) is 2. The first kappa shape index (κ1) is 22.4. The number of aliphatic imine (C=N–C) groups is 1. The highest BCUT2D eigenvalue weighted by atomic mass is 127. The number of hydrogen-bond donors (Lipinski definition) is 2. The maximum atomic E-state index is 13.8. The summed E-state index contributed by atoms with van der Waals surface area (Å²) in [6, 6.07) is 11.6. The Kier molecular flexibility index (Phi) is 8.91. The molecule has 1 aliphatic rings. The molecule has 0 amide bonds. The highest BCUT2D eigenvalue weighted by Crippen LogP contribution is 2.21. The molecular weight excluding hydrogens is 477 g/mol. The number of guanidine groups is 1. The molecule has 0 radical (unpaired) electrons. The third kappa shape index (κ3) is 6.03. The molecule has 0 bridgehead atoms. The summed E-state index contributed by atoms with van der Waals surface area (Å²) in [5, 5.41) is 6.26. The van der Waals surface area contributed by atoms with E-state index in [1.807, 2.05) is 12.1 Å². The van der Waals surface area contributed by atoms with Gasteiger partial charge in [0.15, 0.2) is 5.96 Å². The van der Waals surface area contributed by atoms with Crippen molar-refractivity contribution in [3.05, 3.63) is 65.2 Å². The lowest BCUT2D eigenvalue weighted by atomic mass is 10.1. The fourth-order valence-electron chi connectivity index (χ4n) is 3.03. The minimum Gasteiger partial charge on any atom is -0.378 e. The average molecular weight is 502 g/mol. The molecule has 2 aromatic carbocycles. The number of rotatable bonds is 5. The van der Waals surface area contributed by atoms with Crippen molar-refractivity contribution in [2.24, 2.45) is 4.99 Å². The second kappa shape index (κ2) is 11.2. The Hall–Kier alpha value is -1.94. The van der Waals surface area contributed by atoms with E-state index in [2.05, 4.69) is 32.7 Å². The largest absolute Gasteiger partial charge is 0.378 e. The minimum atomic E-state index is -0.462. The van der Waals surface area contributed by atoms with Crippen LogP contribution in [0.5, 0.6) is 0 Å². The van der Waals surface area contributed by atoms with Gasteiger partial charge in [0, 0.05) is 44.5 Å². The zero-order chi connectivity index (χ0) is 19.1. The van der Waals surface area contributed by atoms with Gasteiger partial charge in [0.05, 0.1) is 13.2 Å².